The molecule has 3 unspecified atom stereocenters. The van der Waals surface area contributed by atoms with Gasteiger partial charge in [0.15, 0.2) is 0 Å². The van der Waals surface area contributed by atoms with Crippen LogP contribution in [0.5, 0.6) is 5.75 Å². The monoisotopic (exact) mass is 595 g/mol. The van der Waals surface area contributed by atoms with E-state index in [0.29, 0.717) is 19.7 Å². The Balaban J connectivity index is 1.51. The summed E-state index contributed by atoms with van der Waals surface area (Å²) in [6, 6.07) is 6.82. The summed E-state index contributed by atoms with van der Waals surface area (Å²) < 4.78 is 4.87. The van der Waals surface area contributed by atoms with Gasteiger partial charge in [-0.25, -0.2) is 0 Å². The molecule has 1 N–H and O–H groups in total. The number of benzene rings is 1. The number of carbonyl (C=O) groups excluding carboxylic acids is 3. The van der Waals surface area contributed by atoms with Gasteiger partial charge in [0.2, 0.25) is 17.7 Å². The van der Waals surface area contributed by atoms with Crippen molar-refractivity contribution in [1.29, 1.82) is 0 Å². The van der Waals surface area contributed by atoms with E-state index in [9.17, 15) is 19.5 Å². The highest BCUT2D eigenvalue weighted by Crippen LogP contribution is 2.69. The lowest BCUT2D eigenvalue weighted by molar-refractivity contribution is -0.144. The zero-order chi connectivity index (χ0) is 30.0. The van der Waals surface area contributed by atoms with Gasteiger partial charge in [-0.2, -0.15) is 0 Å². The van der Waals surface area contributed by atoms with Gasteiger partial charge in [0.05, 0.1) is 29.8 Å². The van der Waals surface area contributed by atoms with Gasteiger partial charge >= 0.3 is 0 Å². The number of aliphatic hydroxyl groups excluding tert-OH is 1. The lowest BCUT2D eigenvalue weighted by atomic mass is 9.65. The quantitative estimate of drug-likeness (QED) is 0.363. The summed E-state index contributed by atoms with van der Waals surface area (Å²) in [5.41, 5.74) is 0.720. The van der Waals surface area contributed by atoms with Crippen LogP contribution in [0.15, 0.2) is 49.6 Å². The first kappa shape index (κ1) is 30.7. The maximum Gasteiger partial charge on any atom is 0.247 e. The molecule has 3 aliphatic heterocycles. The minimum Gasteiger partial charge on any atom is -0.494 e. The highest BCUT2D eigenvalue weighted by Gasteiger charge is 2.76. The molecule has 9 heteroatoms. The SMILES string of the molecule is C=CCN(C(=O)[C@@H]1[C@H]2C(=O)N(CCO)C(C(=O)N(CC=C)C3CCCCC3)C23S[C@@H]1CC3C)c1ccc(OCC)cc1. The van der Waals surface area contributed by atoms with E-state index in [4.69, 9.17) is 4.74 Å². The first-order valence-electron chi connectivity index (χ1n) is 15.5. The number of hydrogen-bond donors (Lipinski definition) is 1. The molecule has 1 aliphatic carbocycles. The van der Waals surface area contributed by atoms with E-state index >= 15 is 0 Å². The molecule has 1 saturated carbocycles. The molecule has 1 aromatic carbocycles. The molecule has 42 heavy (non-hydrogen) atoms. The number of nitrogens with zero attached hydrogens (tertiary/aromatic N) is 3. The molecule has 228 valence electrons. The Kier molecular flexibility index (Phi) is 9.38. The number of thioether (sulfide) groups is 1. The Hall–Kier alpha value is -2.78. The zero-order valence-corrected chi connectivity index (χ0v) is 25.8. The van der Waals surface area contributed by atoms with Crippen LogP contribution >= 0.6 is 11.8 Å². The zero-order valence-electron chi connectivity index (χ0n) is 25.0. The van der Waals surface area contributed by atoms with Crippen LogP contribution in [0.25, 0.3) is 0 Å². The molecule has 4 aliphatic rings. The molecule has 3 amide bonds. The van der Waals surface area contributed by atoms with Gasteiger partial charge in [-0.1, -0.05) is 38.3 Å². The number of hydrogen-bond acceptors (Lipinski definition) is 6. The number of anilines is 1. The molecule has 8 nitrogen and oxygen atoms in total. The average Bonchev–Trinajstić information content (AvgIpc) is 3.59. The van der Waals surface area contributed by atoms with E-state index in [1.165, 1.54) is 6.42 Å². The second-order valence-corrected chi connectivity index (χ2v) is 13.6. The summed E-state index contributed by atoms with van der Waals surface area (Å²) in [4.78, 5) is 48.7. The summed E-state index contributed by atoms with van der Waals surface area (Å²) in [5.74, 6) is -0.759. The van der Waals surface area contributed by atoms with Crippen LogP contribution in [-0.4, -0.2) is 87.6 Å². The molecule has 1 spiro atoms. The number of aliphatic hydroxyl groups is 1. The number of rotatable bonds is 12. The second-order valence-electron chi connectivity index (χ2n) is 12.0. The Morgan fingerprint density at radius 3 is 2.43 bits per heavy atom. The largest absolute Gasteiger partial charge is 0.494 e. The maximum absolute atomic E-state index is 14.6. The van der Waals surface area contributed by atoms with E-state index < -0.39 is 22.6 Å². The van der Waals surface area contributed by atoms with Gasteiger partial charge in [-0.3, -0.25) is 14.4 Å². The summed E-state index contributed by atoms with van der Waals surface area (Å²) in [5, 5.41) is 9.97. The summed E-state index contributed by atoms with van der Waals surface area (Å²) in [7, 11) is 0. The van der Waals surface area contributed by atoms with Gasteiger partial charge in [0, 0.05) is 36.6 Å². The van der Waals surface area contributed by atoms with E-state index in [2.05, 4.69) is 20.1 Å². The van der Waals surface area contributed by atoms with Crippen molar-refractivity contribution in [1.82, 2.24) is 9.80 Å². The van der Waals surface area contributed by atoms with Crippen LogP contribution in [-0.2, 0) is 14.4 Å². The fraction of sp³-hybridized carbons (Fsp3) is 0.606. The minimum atomic E-state index is -0.721. The molecule has 0 radical (unpaired) electrons. The van der Waals surface area contributed by atoms with Crippen molar-refractivity contribution in [3.05, 3.63) is 49.6 Å². The number of fused-ring (bicyclic) bond motifs is 1. The lowest BCUT2D eigenvalue weighted by Gasteiger charge is -2.43. The van der Waals surface area contributed by atoms with Gasteiger partial charge < -0.3 is 24.5 Å². The second kappa shape index (κ2) is 12.8. The Morgan fingerprint density at radius 2 is 1.81 bits per heavy atom. The molecule has 0 aromatic heterocycles. The molecule has 2 bridgehead atoms. The van der Waals surface area contributed by atoms with Crippen LogP contribution in [0, 0.1) is 17.8 Å². The van der Waals surface area contributed by atoms with Crippen molar-refractivity contribution >= 4 is 35.2 Å². The highest BCUT2D eigenvalue weighted by atomic mass is 32.2. The predicted molar refractivity (Wildman–Crippen MR) is 166 cm³/mol. The van der Waals surface area contributed by atoms with E-state index in [0.717, 1.165) is 43.5 Å². The van der Waals surface area contributed by atoms with Gasteiger partial charge in [-0.15, -0.1) is 24.9 Å². The normalized spacial score (nSPS) is 30.2. The summed E-state index contributed by atoms with van der Waals surface area (Å²) in [6.45, 7) is 13.0. The van der Waals surface area contributed by atoms with Crippen molar-refractivity contribution < 1.29 is 24.2 Å². The smallest absolute Gasteiger partial charge is 0.247 e. The van der Waals surface area contributed by atoms with Gasteiger partial charge in [0.25, 0.3) is 0 Å². The number of β-amino-alcohol motifs (C(OH)–C–C–N with tert-alkyl or cyclic N) is 1. The van der Waals surface area contributed by atoms with E-state index in [-0.39, 0.29) is 48.1 Å². The highest BCUT2D eigenvalue weighted by molar-refractivity contribution is 8.02. The van der Waals surface area contributed by atoms with Crippen LogP contribution in [0.4, 0.5) is 5.69 Å². The standard InChI is InChI=1S/C33H45N3O5S/c1-5-17-34(24-13-15-25(16-14-24)41-7-3)30(38)27-26-21-22(4)33(42-26)28(27)31(39)36(19-20-37)29(33)32(40)35(18-6-2)23-11-9-8-10-12-23/h5-6,13-16,22-23,26-29,37H,1-2,7-12,17-21H2,3-4H3/t22?,26-,27+,28+,29?,33?/m1/s1. The first-order valence-corrected chi connectivity index (χ1v) is 16.4. The average molecular weight is 596 g/mol. The topological polar surface area (TPSA) is 90.4 Å². The molecule has 3 heterocycles. The number of amides is 3. The Labute approximate surface area is 254 Å². The Bertz CT molecular complexity index is 1180. The molecule has 4 fully saturated rings. The molecule has 6 atom stereocenters. The van der Waals surface area contributed by atoms with Crippen LogP contribution in [0.2, 0.25) is 0 Å². The Morgan fingerprint density at radius 1 is 1.12 bits per heavy atom. The van der Waals surface area contributed by atoms with Gasteiger partial charge in [-0.05, 0) is 56.4 Å². The fourth-order valence-corrected chi connectivity index (χ4v) is 10.5. The van der Waals surface area contributed by atoms with Crippen LogP contribution < -0.4 is 9.64 Å². The molecular weight excluding hydrogens is 550 g/mol. The summed E-state index contributed by atoms with van der Waals surface area (Å²) >= 11 is 1.67. The molecule has 3 saturated heterocycles. The van der Waals surface area contributed by atoms with Crippen LogP contribution in [0.3, 0.4) is 0 Å². The molecular formula is C33H45N3O5S. The third kappa shape index (κ3) is 5.06. The van der Waals surface area contributed by atoms with Crippen molar-refractivity contribution in [2.75, 3.05) is 37.7 Å². The minimum absolute atomic E-state index is 0.0614. The third-order valence-corrected chi connectivity index (χ3v) is 11.8. The van der Waals surface area contributed by atoms with Crippen molar-refractivity contribution in [2.45, 2.75) is 74.5 Å². The first-order chi connectivity index (χ1) is 20.3. The van der Waals surface area contributed by atoms with E-state index in [1.807, 2.05) is 36.1 Å². The van der Waals surface area contributed by atoms with Gasteiger partial charge in [0.1, 0.15) is 11.8 Å². The van der Waals surface area contributed by atoms with Crippen LogP contribution in [0.1, 0.15) is 52.4 Å². The van der Waals surface area contributed by atoms with E-state index in [1.54, 1.807) is 33.7 Å². The molecule has 1 aromatic rings. The number of carbonyl (C=O) groups is 3. The van der Waals surface area contributed by atoms with Crippen molar-refractivity contribution in [3.8, 4) is 5.75 Å². The maximum atomic E-state index is 14.6. The molecule has 5 rings (SSSR count). The van der Waals surface area contributed by atoms with Crippen molar-refractivity contribution in [3.63, 3.8) is 0 Å². The predicted octanol–water partition coefficient (Wildman–Crippen LogP) is 4.28. The number of ether oxygens (including phenoxy) is 1. The number of likely N-dealkylation sites (tertiary alicyclic amines) is 1. The van der Waals surface area contributed by atoms with Crippen molar-refractivity contribution in [2.24, 2.45) is 17.8 Å². The summed E-state index contributed by atoms with van der Waals surface area (Å²) in [6.07, 6.45) is 9.46. The fourth-order valence-electron chi connectivity index (χ4n) is 8.06. The third-order valence-electron chi connectivity index (χ3n) is 9.77. The lowest BCUT2D eigenvalue weighted by Crippen LogP contribution is -2.59.